The molecule has 0 aliphatic carbocycles. The fraction of sp³-hybridized carbons (Fsp3) is 0.200. The second-order valence-corrected chi connectivity index (χ2v) is 4.97. The molecule has 0 radical (unpaired) electrons. The molecule has 0 atom stereocenters. The molecule has 0 unspecified atom stereocenters. The lowest BCUT2D eigenvalue weighted by atomic mass is 10.1. The Balaban J connectivity index is 2.02. The first-order valence-electron chi connectivity index (χ1n) is 6.73. The predicted octanol–water partition coefficient (Wildman–Crippen LogP) is 1.52. The predicted molar refractivity (Wildman–Crippen MR) is 80.3 cm³/mol. The number of aromatic nitrogens is 1. The fourth-order valence-electron chi connectivity index (χ4n) is 1.91. The van der Waals surface area contributed by atoms with Gasteiger partial charge in [0.25, 0.3) is 11.2 Å². The quantitative estimate of drug-likeness (QED) is 0.668. The number of hydrogen-bond acceptors (Lipinski definition) is 4. The molecule has 0 saturated carbocycles. The van der Waals surface area contributed by atoms with E-state index in [2.05, 4.69) is 5.32 Å². The monoisotopic (exact) mass is 319 g/mol. The number of nitrogens with one attached hydrogen (secondary N) is 1. The van der Waals surface area contributed by atoms with Crippen LogP contribution in [-0.4, -0.2) is 15.4 Å². The maximum Gasteiger partial charge on any atom is 0.285 e. The molecule has 23 heavy (non-hydrogen) atoms. The molecule has 120 valence electrons. The standard InChI is InChI=1S/C15H14FN3O4/c1-10-2-3-11(6-13(10)16)7-17-14(20)9-18-8-12(19(22)23)4-5-15(18)21/h2-6,8H,7,9H2,1H3,(H,17,20). The summed E-state index contributed by atoms with van der Waals surface area (Å²) in [5, 5.41) is 13.2. The summed E-state index contributed by atoms with van der Waals surface area (Å²) in [5.74, 6) is -0.875. The van der Waals surface area contributed by atoms with Crippen LogP contribution in [0.15, 0.2) is 41.3 Å². The first-order chi connectivity index (χ1) is 10.9. The molecule has 0 saturated heterocycles. The highest BCUT2D eigenvalue weighted by atomic mass is 19.1. The molecule has 0 spiro atoms. The van der Waals surface area contributed by atoms with Crippen molar-refractivity contribution in [2.75, 3.05) is 0 Å². The summed E-state index contributed by atoms with van der Waals surface area (Å²) in [4.78, 5) is 33.5. The van der Waals surface area contributed by atoms with Crippen LogP contribution >= 0.6 is 0 Å². The molecule has 1 aromatic carbocycles. The van der Waals surface area contributed by atoms with E-state index in [4.69, 9.17) is 0 Å². The number of benzene rings is 1. The molecule has 1 N–H and O–H groups in total. The zero-order valence-corrected chi connectivity index (χ0v) is 12.3. The molecule has 1 amide bonds. The Bertz CT molecular complexity index is 817. The third kappa shape index (κ3) is 4.22. The molecule has 8 heteroatoms. The van der Waals surface area contributed by atoms with Crippen LogP contribution in [0.3, 0.4) is 0 Å². The van der Waals surface area contributed by atoms with E-state index in [1.54, 1.807) is 19.1 Å². The number of nitro groups is 1. The normalized spacial score (nSPS) is 10.3. The average Bonchev–Trinajstić information content (AvgIpc) is 2.50. The van der Waals surface area contributed by atoms with Gasteiger partial charge in [0.1, 0.15) is 12.4 Å². The highest BCUT2D eigenvalue weighted by Crippen LogP contribution is 2.09. The Morgan fingerprint density at radius 1 is 1.35 bits per heavy atom. The molecular weight excluding hydrogens is 305 g/mol. The lowest BCUT2D eigenvalue weighted by Crippen LogP contribution is -2.31. The minimum absolute atomic E-state index is 0.0969. The number of carbonyl (C=O) groups is 1. The van der Waals surface area contributed by atoms with Crippen LogP contribution in [0.2, 0.25) is 0 Å². The summed E-state index contributed by atoms with van der Waals surface area (Å²) in [6.07, 6.45) is 1.01. The van der Waals surface area contributed by atoms with Crippen molar-refractivity contribution in [1.82, 2.24) is 9.88 Å². The summed E-state index contributed by atoms with van der Waals surface area (Å²) in [5.41, 5.74) is 0.279. The molecule has 0 aliphatic heterocycles. The summed E-state index contributed by atoms with van der Waals surface area (Å²) >= 11 is 0. The van der Waals surface area contributed by atoms with Crippen molar-refractivity contribution < 1.29 is 14.1 Å². The van der Waals surface area contributed by atoms with Gasteiger partial charge < -0.3 is 5.32 Å². The van der Waals surface area contributed by atoms with Crippen molar-refractivity contribution in [3.63, 3.8) is 0 Å². The van der Waals surface area contributed by atoms with Crippen LogP contribution in [0, 0.1) is 22.9 Å². The largest absolute Gasteiger partial charge is 0.350 e. The molecular formula is C15H14FN3O4. The number of rotatable bonds is 5. The van der Waals surface area contributed by atoms with Gasteiger partial charge in [-0.15, -0.1) is 0 Å². The maximum absolute atomic E-state index is 13.4. The minimum atomic E-state index is -0.650. The van der Waals surface area contributed by atoms with E-state index in [9.17, 15) is 24.1 Å². The molecule has 0 aliphatic rings. The van der Waals surface area contributed by atoms with Gasteiger partial charge in [-0.05, 0) is 24.1 Å². The van der Waals surface area contributed by atoms with E-state index in [-0.39, 0.29) is 24.6 Å². The molecule has 7 nitrogen and oxygen atoms in total. The highest BCUT2D eigenvalue weighted by molar-refractivity contribution is 5.75. The molecule has 1 aromatic heterocycles. The van der Waals surface area contributed by atoms with Gasteiger partial charge in [-0.25, -0.2) is 4.39 Å². The number of aryl methyl sites for hydroxylation is 1. The summed E-state index contributed by atoms with van der Waals surface area (Å²) in [6.45, 7) is 1.38. The molecule has 0 bridgehead atoms. The SMILES string of the molecule is Cc1ccc(CNC(=O)Cn2cc([N+](=O)[O-])ccc2=O)cc1F. The van der Waals surface area contributed by atoms with Crippen molar-refractivity contribution in [1.29, 1.82) is 0 Å². The van der Waals surface area contributed by atoms with Gasteiger partial charge in [0.15, 0.2) is 0 Å². The lowest BCUT2D eigenvalue weighted by molar-refractivity contribution is -0.385. The van der Waals surface area contributed by atoms with E-state index < -0.39 is 16.4 Å². The van der Waals surface area contributed by atoms with Crippen LogP contribution in [-0.2, 0) is 17.9 Å². The van der Waals surface area contributed by atoms with Crippen LogP contribution in [0.1, 0.15) is 11.1 Å². The second kappa shape index (κ2) is 6.82. The van der Waals surface area contributed by atoms with E-state index in [0.29, 0.717) is 11.1 Å². The topological polar surface area (TPSA) is 94.2 Å². The Hall–Kier alpha value is -3.03. The molecule has 2 aromatic rings. The maximum atomic E-state index is 13.4. The van der Waals surface area contributed by atoms with Gasteiger partial charge in [-0.3, -0.25) is 24.3 Å². The van der Waals surface area contributed by atoms with E-state index in [1.165, 1.54) is 6.07 Å². The fourth-order valence-corrected chi connectivity index (χ4v) is 1.91. The summed E-state index contributed by atoms with van der Waals surface area (Å²) in [6, 6.07) is 6.70. The molecule has 2 rings (SSSR count). The smallest absolute Gasteiger partial charge is 0.285 e. The molecule has 0 fully saturated rings. The van der Waals surface area contributed by atoms with Gasteiger partial charge in [-0.1, -0.05) is 12.1 Å². The van der Waals surface area contributed by atoms with E-state index >= 15 is 0 Å². The minimum Gasteiger partial charge on any atom is -0.350 e. The third-order valence-corrected chi connectivity index (χ3v) is 3.22. The van der Waals surface area contributed by atoms with Crippen molar-refractivity contribution >= 4 is 11.6 Å². The van der Waals surface area contributed by atoms with Crippen LogP contribution in [0.25, 0.3) is 0 Å². The third-order valence-electron chi connectivity index (χ3n) is 3.22. The van der Waals surface area contributed by atoms with Crippen LogP contribution in [0.4, 0.5) is 10.1 Å². The Morgan fingerprint density at radius 3 is 2.74 bits per heavy atom. The summed E-state index contributed by atoms with van der Waals surface area (Å²) < 4.78 is 14.3. The van der Waals surface area contributed by atoms with E-state index in [1.807, 2.05) is 0 Å². The Kier molecular flexibility index (Phi) is 4.85. The van der Waals surface area contributed by atoms with Crippen molar-refractivity contribution in [3.8, 4) is 0 Å². The first-order valence-corrected chi connectivity index (χ1v) is 6.73. The Labute approximate surface area is 130 Å². The first kappa shape index (κ1) is 16.3. The van der Waals surface area contributed by atoms with Crippen LogP contribution in [0.5, 0.6) is 0 Å². The Morgan fingerprint density at radius 2 is 2.09 bits per heavy atom. The average molecular weight is 319 g/mol. The van der Waals surface area contributed by atoms with Gasteiger partial charge in [0, 0.05) is 18.7 Å². The van der Waals surface area contributed by atoms with Gasteiger partial charge >= 0.3 is 0 Å². The van der Waals surface area contributed by atoms with Crippen molar-refractivity contribution in [3.05, 3.63) is 73.9 Å². The molecule has 1 heterocycles. The zero-order chi connectivity index (χ0) is 17.0. The zero-order valence-electron chi connectivity index (χ0n) is 12.3. The number of halogens is 1. The van der Waals surface area contributed by atoms with Gasteiger partial charge in [0.2, 0.25) is 5.91 Å². The van der Waals surface area contributed by atoms with Crippen molar-refractivity contribution in [2.24, 2.45) is 0 Å². The number of amides is 1. The number of nitrogens with zero attached hydrogens (tertiary/aromatic N) is 2. The number of hydrogen-bond donors (Lipinski definition) is 1. The van der Waals surface area contributed by atoms with Crippen LogP contribution < -0.4 is 10.9 Å². The van der Waals surface area contributed by atoms with Gasteiger partial charge in [0.05, 0.1) is 11.1 Å². The number of pyridine rings is 1. The summed E-state index contributed by atoms with van der Waals surface area (Å²) in [7, 11) is 0. The number of carbonyl (C=O) groups excluding carboxylic acids is 1. The highest BCUT2D eigenvalue weighted by Gasteiger charge is 2.10. The lowest BCUT2D eigenvalue weighted by Gasteiger charge is -2.08. The second-order valence-electron chi connectivity index (χ2n) is 4.97. The van der Waals surface area contributed by atoms with Crippen molar-refractivity contribution in [2.45, 2.75) is 20.0 Å². The van der Waals surface area contributed by atoms with E-state index in [0.717, 1.165) is 22.9 Å². The van der Waals surface area contributed by atoms with Gasteiger partial charge in [-0.2, -0.15) is 0 Å².